The summed E-state index contributed by atoms with van der Waals surface area (Å²) in [5.74, 6) is 0.283. The van der Waals surface area contributed by atoms with Crippen molar-refractivity contribution < 1.29 is 33.2 Å². The summed E-state index contributed by atoms with van der Waals surface area (Å²) in [6.07, 6.45) is 1.88. The van der Waals surface area contributed by atoms with Crippen LogP contribution in [0.5, 0.6) is 0 Å². The van der Waals surface area contributed by atoms with Crippen molar-refractivity contribution >= 4 is 123 Å². The third kappa shape index (κ3) is 21.2. The molecule has 14 aromatic rings. The van der Waals surface area contributed by atoms with Crippen LogP contribution in [-0.2, 0) is 30.4 Å². The number of piperidine rings is 1. The molecule has 0 N–H and O–H groups in total. The van der Waals surface area contributed by atoms with Gasteiger partial charge >= 0.3 is 0 Å². The van der Waals surface area contributed by atoms with Gasteiger partial charge in [0.1, 0.15) is 11.7 Å². The molecule has 0 amide bonds. The van der Waals surface area contributed by atoms with Gasteiger partial charge in [0.2, 0.25) is 0 Å². The van der Waals surface area contributed by atoms with Crippen LogP contribution in [0, 0.1) is 5.82 Å². The molecule has 1 saturated heterocycles. The van der Waals surface area contributed by atoms with Crippen molar-refractivity contribution in [3.8, 4) is 11.1 Å². The Balaban J connectivity index is 0.000000130. The zero-order chi connectivity index (χ0) is 70.0. The minimum absolute atomic E-state index is 0. The van der Waals surface area contributed by atoms with Gasteiger partial charge in [-0.05, 0) is 137 Å². The van der Waals surface area contributed by atoms with Crippen LogP contribution in [0.25, 0.3) is 11.1 Å². The Morgan fingerprint density at radius 3 is 0.786 bits per heavy atom. The van der Waals surface area contributed by atoms with Crippen molar-refractivity contribution in [1.82, 2.24) is 4.90 Å². The van der Waals surface area contributed by atoms with Crippen LogP contribution >= 0.6 is 43.3 Å². The van der Waals surface area contributed by atoms with Crippen molar-refractivity contribution in [2.45, 2.75) is 18.8 Å². The fourth-order valence-electron chi connectivity index (χ4n) is 12.3. The maximum atomic E-state index is 13.7. The number of nitrogens with zero attached hydrogens (tertiary/aromatic N) is 2. The first-order chi connectivity index (χ1) is 50.2. The van der Waals surface area contributed by atoms with Crippen LogP contribution in [-0.4, -0.2) is 38.0 Å². The maximum Gasteiger partial charge on any atom is 0.256 e. The first kappa shape index (κ1) is 75.3. The van der Waals surface area contributed by atoms with Crippen LogP contribution in [0.4, 0.5) is 4.39 Å². The number of benzene rings is 14. The third-order valence-corrected chi connectivity index (χ3v) is 28.4. The molecule has 14 aromatic carbocycles. The molecule has 4 nitrogen and oxygen atoms in total. The molecule has 1 atom stereocenters. The van der Waals surface area contributed by atoms with Crippen molar-refractivity contribution in [2.75, 3.05) is 18.8 Å². The van der Waals surface area contributed by atoms with Gasteiger partial charge in [-0.2, -0.15) is 0 Å². The van der Waals surface area contributed by atoms with Crippen molar-refractivity contribution in [1.29, 1.82) is 0 Å². The molecule has 16 rings (SSSR count). The van der Waals surface area contributed by atoms with Gasteiger partial charge in [0.15, 0.2) is 0 Å². The zero-order valence-corrected chi connectivity index (χ0v) is 63.5. The molecule has 103 heavy (non-hydrogen) atoms. The van der Waals surface area contributed by atoms with Crippen LogP contribution in [0.1, 0.15) is 24.3 Å². The zero-order valence-electron chi connectivity index (χ0n) is 56.8. The summed E-state index contributed by atoms with van der Waals surface area (Å²) in [6.45, 7) is 1.37. The summed E-state index contributed by atoms with van der Waals surface area (Å²) in [5, 5.41) is 16.9. The van der Waals surface area contributed by atoms with E-state index in [9.17, 15) is 12.8 Å². The van der Waals surface area contributed by atoms with E-state index in [1.807, 2.05) is 24.3 Å². The van der Waals surface area contributed by atoms with Gasteiger partial charge in [0.25, 0.3) is 10.0 Å². The van der Waals surface area contributed by atoms with E-state index < -0.39 is 47.5 Å². The number of halogens is 2. The minimum Gasteiger partial charge on any atom is -0.358 e. The fourth-order valence-corrected chi connectivity index (χ4v) is 22.7. The van der Waals surface area contributed by atoms with Crippen molar-refractivity contribution in [3.63, 3.8) is 0 Å². The van der Waals surface area contributed by atoms with Crippen LogP contribution in [0.2, 0.25) is 5.02 Å². The average Bonchev–Trinajstić information content (AvgIpc) is 0.722. The Morgan fingerprint density at radius 2 is 0.553 bits per heavy atom. The Bertz CT molecular complexity index is 4090. The first-order valence-corrected chi connectivity index (χ1v) is 41.5. The molecule has 1 fully saturated rings. The van der Waals surface area contributed by atoms with Crippen molar-refractivity contribution in [3.05, 3.63) is 423 Å². The van der Waals surface area contributed by atoms with Gasteiger partial charge in [-0.25, -0.2) is 12.8 Å². The van der Waals surface area contributed by atoms with Crippen LogP contribution in [0.3, 0.4) is 0 Å². The van der Waals surface area contributed by atoms with E-state index in [0.717, 1.165) is 36.1 Å². The standard InChI is InChI=1S/C19H18ClFN2O2S.4C18H15P.Pd/c20-17-8-7-15(12-18(17)21)13-3-5-14(6-4-13)16-2-1-9-23-10-11-26(24,25)22-19(16)23;4*1-4-10-16(11-5-1)19(17-12-6-2-7-13-17)18-14-8-3-9-15-18;/h3-8,12,16H,1-2,9-11H2;4*1-15H;/t16-;;;;;/m0...../s1. The van der Waals surface area contributed by atoms with Gasteiger partial charge in [0.05, 0.1) is 10.8 Å². The molecule has 0 bridgehead atoms. The van der Waals surface area contributed by atoms with Crippen molar-refractivity contribution in [2.24, 2.45) is 4.40 Å². The molecule has 0 unspecified atom stereocenters. The summed E-state index contributed by atoms with van der Waals surface area (Å²) >= 11 is 5.74. The second-order valence-corrected chi connectivity index (χ2v) is 35.1. The molecule has 0 radical (unpaired) electrons. The molecular formula is C91H78ClFN2O2P4PdS. The summed E-state index contributed by atoms with van der Waals surface area (Å²) in [5.41, 5.74) is 2.67. The number of hydrogen-bond donors (Lipinski definition) is 0. The maximum absolute atomic E-state index is 13.7. The van der Waals surface area contributed by atoms with Gasteiger partial charge in [0, 0.05) is 39.4 Å². The van der Waals surface area contributed by atoms with Gasteiger partial charge < -0.3 is 4.90 Å². The van der Waals surface area contributed by atoms with Crippen LogP contribution in [0.15, 0.2) is 411 Å². The molecule has 0 saturated carbocycles. The Morgan fingerprint density at radius 1 is 0.320 bits per heavy atom. The molecule has 0 aliphatic carbocycles. The topological polar surface area (TPSA) is 49.7 Å². The van der Waals surface area contributed by atoms with E-state index >= 15 is 0 Å². The molecule has 2 aliphatic rings. The Hall–Kier alpha value is -8.90. The van der Waals surface area contributed by atoms with Crippen LogP contribution < -0.4 is 63.7 Å². The molecular weight excluding hydrogens is 1470 g/mol. The molecule has 514 valence electrons. The van der Waals surface area contributed by atoms with Gasteiger partial charge in [-0.1, -0.05) is 406 Å². The largest absolute Gasteiger partial charge is 0.358 e. The van der Waals surface area contributed by atoms with E-state index in [2.05, 4.69) is 373 Å². The predicted molar refractivity (Wildman–Crippen MR) is 442 cm³/mol. The average molecular weight is 1550 g/mol. The summed E-state index contributed by atoms with van der Waals surface area (Å²) in [6, 6.07) is 142. The predicted octanol–water partition coefficient (Wildman–Crippen LogP) is 17.8. The van der Waals surface area contributed by atoms with E-state index in [1.165, 1.54) is 69.7 Å². The van der Waals surface area contributed by atoms with E-state index in [0.29, 0.717) is 12.4 Å². The Kier molecular flexibility index (Phi) is 28.6. The number of amidine groups is 1. The monoisotopic (exact) mass is 1550 g/mol. The summed E-state index contributed by atoms with van der Waals surface area (Å²) in [4.78, 5) is 2.08. The smallest absolute Gasteiger partial charge is 0.256 e. The molecule has 0 aromatic heterocycles. The van der Waals surface area contributed by atoms with E-state index in [4.69, 9.17) is 11.6 Å². The second-order valence-electron chi connectivity index (χ2n) is 24.0. The van der Waals surface area contributed by atoms with Gasteiger partial charge in [-0.3, -0.25) is 0 Å². The number of sulfonamides is 1. The van der Waals surface area contributed by atoms with Gasteiger partial charge in [-0.15, -0.1) is 4.40 Å². The number of hydrogen-bond acceptors (Lipinski definition) is 3. The summed E-state index contributed by atoms with van der Waals surface area (Å²) < 4.78 is 41.6. The quantitative estimate of drug-likeness (QED) is 0.0805. The minimum atomic E-state index is -3.36. The number of fused-ring (bicyclic) bond motifs is 1. The SMILES string of the molecule is O=S1(=O)CCN2CCC[C@@H](c3ccc(-c4ccc(Cl)c(F)c4)cc3)C2=N1.[Pd].c1ccc(P(c2ccccc2)c2ccccc2)cc1.c1ccc(P(c2ccccc2)c2ccccc2)cc1.c1ccc(P(c2ccccc2)c2ccccc2)cc1.c1ccc(P(c2ccccc2)c2ccccc2)cc1. The molecule has 2 heterocycles. The second kappa shape index (κ2) is 39.1. The fraction of sp³-hybridized carbons (Fsp3) is 0.0659. The molecule has 0 spiro atoms. The number of rotatable bonds is 14. The third-order valence-electron chi connectivity index (χ3n) is 17.1. The molecule has 2 aliphatic heterocycles. The summed E-state index contributed by atoms with van der Waals surface area (Å²) in [7, 11) is -5.15. The van der Waals surface area contributed by atoms with E-state index in [1.54, 1.807) is 12.1 Å². The molecule has 12 heteroatoms. The normalized spacial score (nSPS) is 13.3. The Labute approximate surface area is 631 Å². The first-order valence-electron chi connectivity index (χ1n) is 34.2. The van der Waals surface area contributed by atoms with E-state index in [-0.39, 0.29) is 37.1 Å².